The molecule has 15 heavy (non-hydrogen) atoms. The number of rotatable bonds is 4. The third-order valence-electron chi connectivity index (χ3n) is 1.78. The average molecular weight is 244 g/mol. The summed E-state index contributed by atoms with van der Waals surface area (Å²) in [4.78, 5) is 1.01. The van der Waals surface area contributed by atoms with Gasteiger partial charge >= 0.3 is 0 Å². The zero-order valence-electron chi connectivity index (χ0n) is 8.52. The van der Waals surface area contributed by atoms with Crippen LogP contribution >= 0.6 is 11.3 Å². The average Bonchev–Trinajstić information content (AvgIpc) is 2.65. The first kappa shape index (κ1) is 12.2. The first-order valence-electron chi connectivity index (χ1n) is 4.50. The summed E-state index contributed by atoms with van der Waals surface area (Å²) in [5.74, 6) is 0. The minimum Gasteiger partial charge on any atom is -0.206 e. The topological polar surface area (TPSA) is 70.0 Å². The first-order valence-corrected chi connectivity index (χ1v) is 6.80. The molecule has 1 heterocycles. The number of nitriles is 1. The molecule has 1 atom stereocenters. The Bertz CT molecular complexity index is 471. The molecule has 4 nitrogen and oxygen atoms in total. The zero-order chi connectivity index (χ0) is 11.5. The van der Waals surface area contributed by atoms with Crippen molar-refractivity contribution < 1.29 is 8.42 Å². The lowest BCUT2D eigenvalue weighted by atomic mass is 10.4. The summed E-state index contributed by atoms with van der Waals surface area (Å²) in [6.07, 6.45) is 0.813. The van der Waals surface area contributed by atoms with E-state index in [1.165, 1.54) is 18.3 Å². The Balaban J connectivity index is 2.92. The summed E-state index contributed by atoms with van der Waals surface area (Å²) in [7, 11) is -3.51. The van der Waals surface area contributed by atoms with Crippen LogP contribution in [0.25, 0.3) is 0 Å². The van der Waals surface area contributed by atoms with E-state index in [4.69, 9.17) is 5.26 Å². The van der Waals surface area contributed by atoms with Crippen LogP contribution in [0.15, 0.2) is 16.3 Å². The van der Waals surface area contributed by atoms with Gasteiger partial charge in [-0.3, -0.25) is 0 Å². The quantitative estimate of drug-likeness (QED) is 0.872. The van der Waals surface area contributed by atoms with Gasteiger partial charge in [0.05, 0.1) is 6.07 Å². The van der Waals surface area contributed by atoms with Crippen LogP contribution in [-0.2, 0) is 16.4 Å². The molecular weight excluding hydrogens is 232 g/mol. The highest BCUT2D eigenvalue weighted by atomic mass is 32.2. The highest BCUT2D eigenvalue weighted by molar-refractivity contribution is 7.91. The van der Waals surface area contributed by atoms with Crippen molar-refractivity contribution in [1.29, 1.82) is 5.26 Å². The van der Waals surface area contributed by atoms with Gasteiger partial charge in [0.15, 0.2) is 0 Å². The van der Waals surface area contributed by atoms with E-state index in [2.05, 4.69) is 4.72 Å². The third-order valence-corrected chi connectivity index (χ3v) is 5.04. The lowest BCUT2D eigenvalue weighted by Gasteiger charge is -2.04. The molecule has 0 spiro atoms. The summed E-state index contributed by atoms with van der Waals surface area (Å²) in [5.41, 5.74) is 0. The second kappa shape index (κ2) is 4.75. The first-order chi connectivity index (χ1) is 6.99. The summed E-state index contributed by atoms with van der Waals surface area (Å²) >= 11 is 1.23. The van der Waals surface area contributed by atoms with Crippen molar-refractivity contribution in [2.24, 2.45) is 0 Å². The fraction of sp³-hybridized carbons (Fsp3) is 0.444. The Morgan fingerprint density at radius 3 is 2.73 bits per heavy atom. The van der Waals surface area contributed by atoms with Crippen LogP contribution in [0.4, 0.5) is 0 Å². The van der Waals surface area contributed by atoms with Crippen molar-refractivity contribution >= 4 is 21.4 Å². The molecule has 0 saturated heterocycles. The van der Waals surface area contributed by atoms with Crippen molar-refractivity contribution in [3.8, 4) is 6.07 Å². The molecule has 0 fully saturated rings. The van der Waals surface area contributed by atoms with Crippen LogP contribution in [0.1, 0.15) is 18.7 Å². The number of aryl methyl sites for hydroxylation is 1. The van der Waals surface area contributed by atoms with E-state index in [9.17, 15) is 8.42 Å². The molecule has 6 heteroatoms. The smallest absolute Gasteiger partial charge is 0.206 e. The lowest BCUT2D eigenvalue weighted by Crippen LogP contribution is -2.30. The minimum atomic E-state index is -3.51. The number of thiophene rings is 1. The molecular formula is C9H12N2O2S2. The third kappa shape index (κ3) is 3.02. The van der Waals surface area contributed by atoms with Gasteiger partial charge in [0, 0.05) is 4.88 Å². The predicted octanol–water partition coefficient (Wildman–Crippen LogP) is 1.50. The van der Waals surface area contributed by atoms with E-state index < -0.39 is 16.1 Å². The number of sulfonamides is 1. The molecule has 0 aromatic carbocycles. The monoisotopic (exact) mass is 244 g/mol. The molecule has 1 N–H and O–H groups in total. The van der Waals surface area contributed by atoms with Crippen molar-refractivity contribution in [1.82, 2.24) is 4.72 Å². The van der Waals surface area contributed by atoms with Gasteiger partial charge in [0.1, 0.15) is 10.3 Å². The Labute approximate surface area is 93.6 Å². The highest BCUT2D eigenvalue weighted by Gasteiger charge is 2.18. The molecule has 0 saturated carbocycles. The van der Waals surface area contributed by atoms with Crippen LogP contribution < -0.4 is 4.72 Å². The number of nitrogens with zero attached hydrogens (tertiary/aromatic N) is 1. The van der Waals surface area contributed by atoms with Crippen molar-refractivity contribution in [2.75, 3.05) is 0 Å². The van der Waals surface area contributed by atoms with Crippen LogP contribution in [0, 0.1) is 11.3 Å². The molecule has 1 aromatic heterocycles. The van der Waals surface area contributed by atoms with Gasteiger partial charge in [0.2, 0.25) is 0 Å². The molecule has 1 aromatic rings. The second-order valence-electron chi connectivity index (χ2n) is 3.05. The van der Waals surface area contributed by atoms with Crippen molar-refractivity contribution in [3.63, 3.8) is 0 Å². The number of nitrogens with one attached hydrogen (secondary N) is 1. The zero-order valence-corrected chi connectivity index (χ0v) is 10.2. The molecule has 0 aliphatic heterocycles. The number of hydrogen-bond acceptors (Lipinski definition) is 4. The van der Waals surface area contributed by atoms with Crippen LogP contribution in [0.3, 0.4) is 0 Å². The maximum absolute atomic E-state index is 11.7. The Morgan fingerprint density at radius 2 is 2.27 bits per heavy atom. The van der Waals surface area contributed by atoms with Gasteiger partial charge in [-0.25, -0.2) is 8.42 Å². The van der Waals surface area contributed by atoms with E-state index >= 15 is 0 Å². The maximum atomic E-state index is 11.7. The fourth-order valence-corrected chi connectivity index (χ4v) is 3.47. The largest absolute Gasteiger partial charge is 0.251 e. The summed E-state index contributed by atoms with van der Waals surface area (Å²) in [5, 5.41) is 8.52. The molecule has 82 valence electrons. The van der Waals surface area contributed by atoms with Crippen LogP contribution in [0.2, 0.25) is 0 Å². The van der Waals surface area contributed by atoms with E-state index in [-0.39, 0.29) is 4.21 Å². The Kier molecular flexibility index (Phi) is 3.85. The highest BCUT2D eigenvalue weighted by Crippen LogP contribution is 2.21. The molecule has 0 amide bonds. The van der Waals surface area contributed by atoms with Crippen LogP contribution in [-0.4, -0.2) is 14.5 Å². The predicted molar refractivity (Wildman–Crippen MR) is 59.1 cm³/mol. The fourth-order valence-electron chi connectivity index (χ4n) is 1.01. The standard InChI is InChI=1S/C9H12N2O2S2/c1-3-8-4-5-9(14-8)15(12,13)11-7(2)6-10/h4-5,7,11H,3H2,1-2H3. The van der Waals surface area contributed by atoms with Gasteiger partial charge in [0.25, 0.3) is 10.0 Å². The molecule has 1 rings (SSSR count). The molecule has 0 aliphatic carbocycles. The van der Waals surface area contributed by atoms with E-state index in [0.717, 1.165) is 11.3 Å². The maximum Gasteiger partial charge on any atom is 0.251 e. The van der Waals surface area contributed by atoms with Gasteiger partial charge in [-0.1, -0.05) is 6.92 Å². The van der Waals surface area contributed by atoms with E-state index in [1.54, 1.807) is 12.1 Å². The molecule has 0 bridgehead atoms. The minimum absolute atomic E-state index is 0.265. The lowest BCUT2D eigenvalue weighted by molar-refractivity contribution is 0.579. The van der Waals surface area contributed by atoms with Gasteiger partial charge in [-0.15, -0.1) is 11.3 Å². The SMILES string of the molecule is CCc1ccc(S(=O)(=O)NC(C)C#N)s1. The molecule has 1 unspecified atom stereocenters. The van der Waals surface area contributed by atoms with Gasteiger partial charge in [-0.2, -0.15) is 9.98 Å². The van der Waals surface area contributed by atoms with Crippen LogP contribution in [0.5, 0.6) is 0 Å². The van der Waals surface area contributed by atoms with Gasteiger partial charge in [-0.05, 0) is 25.5 Å². The second-order valence-corrected chi connectivity index (χ2v) is 6.16. The van der Waals surface area contributed by atoms with Crippen molar-refractivity contribution in [3.05, 3.63) is 17.0 Å². The summed E-state index contributed by atoms with van der Waals surface area (Å²) < 4.78 is 25.9. The van der Waals surface area contributed by atoms with E-state index in [1.807, 2.05) is 13.0 Å². The Morgan fingerprint density at radius 1 is 1.60 bits per heavy atom. The summed E-state index contributed by atoms with van der Waals surface area (Å²) in [6, 6.07) is 4.47. The summed E-state index contributed by atoms with van der Waals surface area (Å²) in [6.45, 7) is 3.47. The normalized spacial score (nSPS) is 13.4. The number of hydrogen-bond donors (Lipinski definition) is 1. The van der Waals surface area contributed by atoms with E-state index in [0.29, 0.717) is 0 Å². The molecule has 0 aliphatic rings. The molecule has 0 radical (unpaired) electrons. The van der Waals surface area contributed by atoms with Gasteiger partial charge < -0.3 is 0 Å². The van der Waals surface area contributed by atoms with Crippen molar-refractivity contribution in [2.45, 2.75) is 30.5 Å². The Hall–Kier alpha value is -0.900.